The Morgan fingerprint density at radius 1 is 1.11 bits per heavy atom. The number of amides is 1. The van der Waals surface area contributed by atoms with Gasteiger partial charge in [0.05, 0.1) is 12.5 Å². The zero-order chi connectivity index (χ0) is 27.2. The van der Waals surface area contributed by atoms with E-state index in [1.165, 1.54) is 16.7 Å². The molecule has 1 aliphatic heterocycles. The Morgan fingerprint density at radius 3 is 2.55 bits per heavy atom. The van der Waals surface area contributed by atoms with Crippen LogP contribution >= 0.6 is 0 Å². The lowest BCUT2D eigenvalue weighted by Gasteiger charge is -2.24. The fourth-order valence-electron chi connectivity index (χ4n) is 4.62. The van der Waals surface area contributed by atoms with Gasteiger partial charge in [0, 0.05) is 18.2 Å². The van der Waals surface area contributed by atoms with E-state index in [1.807, 2.05) is 13.8 Å². The molecule has 0 radical (unpaired) electrons. The summed E-state index contributed by atoms with van der Waals surface area (Å²) in [6, 6.07) is 11.1. The van der Waals surface area contributed by atoms with Gasteiger partial charge in [-0.15, -0.1) is 0 Å². The zero-order valence-electron chi connectivity index (χ0n) is 21.4. The number of aromatic nitrogens is 1. The minimum atomic E-state index is -1.08. The number of hydrogen-bond acceptors (Lipinski definition) is 5. The Bertz CT molecular complexity index is 1370. The summed E-state index contributed by atoms with van der Waals surface area (Å²) < 4.78 is 25.6. The number of pyridine rings is 1. The number of hydrogen-bond donors (Lipinski definition) is 2. The first kappa shape index (κ1) is 26.9. The predicted octanol–water partition coefficient (Wildman–Crippen LogP) is 4.68. The number of unbranched alkanes of at least 4 members (excludes halogenated alkanes) is 1. The van der Waals surface area contributed by atoms with E-state index in [0.29, 0.717) is 41.9 Å². The van der Waals surface area contributed by atoms with Crippen LogP contribution in [0.25, 0.3) is 0 Å². The van der Waals surface area contributed by atoms with E-state index in [0.717, 1.165) is 17.5 Å². The molecule has 0 saturated carbocycles. The average molecular weight is 523 g/mol. The molecular formula is C29H31FN2O6. The van der Waals surface area contributed by atoms with Crippen molar-refractivity contribution in [3.05, 3.63) is 93.2 Å². The number of carboxylic acids is 1. The number of halogens is 1. The summed E-state index contributed by atoms with van der Waals surface area (Å²) in [5.74, 6) is -0.842. The maximum atomic E-state index is 13.7. The van der Waals surface area contributed by atoms with E-state index < -0.39 is 24.0 Å². The van der Waals surface area contributed by atoms with Gasteiger partial charge in [-0.05, 0) is 60.4 Å². The van der Waals surface area contributed by atoms with Crippen LogP contribution in [0.3, 0.4) is 0 Å². The third kappa shape index (κ3) is 6.40. The van der Waals surface area contributed by atoms with E-state index in [4.69, 9.17) is 9.47 Å². The van der Waals surface area contributed by atoms with Crippen molar-refractivity contribution in [3.8, 4) is 11.5 Å². The molecule has 200 valence electrons. The summed E-state index contributed by atoms with van der Waals surface area (Å²) in [5.41, 5.74) is 2.32. The molecule has 0 fully saturated rings. The smallest absolute Gasteiger partial charge is 0.305 e. The highest BCUT2D eigenvalue weighted by atomic mass is 19.1. The number of nitrogens with one attached hydrogen (secondary N) is 1. The van der Waals surface area contributed by atoms with Gasteiger partial charge in [-0.2, -0.15) is 0 Å². The average Bonchev–Trinajstić information content (AvgIpc) is 3.35. The van der Waals surface area contributed by atoms with E-state index in [9.17, 15) is 23.9 Å². The largest absolute Gasteiger partial charge is 0.481 e. The van der Waals surface area contributed by atoms with Crippen LogP contribution in [-0.2, 0) is 16.0 Å². The van der Waals surface area contributed by atoms with Crippen molar-refractivity contribution in [2.45, 2.75) is 58.0 Å². The molecule has 1 aliphatic rings. The second-order valence-electron chi connectivity index (χ2n) is 9.49. The Balaban J connectivity index is 1.65. The Kier molecular flexibility index (Phi) is 8.45. The summed E-state index contributed by atoms with van der Waals surface area (Å²) in [6.45, 7) is 3.91. The van der Waals surface area contributed by atoms with Gasteiger partial charge in [-0.1, -0.05) is 38.0 Å². The molecule has 2 aromatic carbocycles. The highest BCUT2D eigenvalue weighted by Crippen LogP contribution is 2.35. The monoisotopic (exact) mass is 522 g/mol. The van der Waals surface area contributed by atoms with Crippen molar-refractivity contribution in [2.75, 3.05) is 6.79 Å². The summed E-state index contributed by atoms with van der Waals surface area (Å²) in [6.07, 6.45) is 3.52. The SMILES string of the molecule is CCCCC(C(=O)NC(CC(=O)O)c1ccc2c(c1)OCO2)n1cc(C)cc(Cc2ccc(F)cc2)c1=O. The third-order valence-corrected chi connectivity index (χ3v) is 6.53. The van der Waals surface area contributed by atoms with Gasteiger partial charge in [0.25, 0.3) is 5.56 Å². The quantitative estimate of drug-likeness (QED) is 0.379. The standard InChI is InChI=1S/C29H31FN2O6/c1-3-4-5-24(32-16-18(2)12-21(29(32)36)13-19-6-9-22(30)10-7-19)28(35)31-23(15-27(33)34)20-8-11-25-26(14-20)38-17-37-25/h6-12,14,16,23-24H,3-5,13,15,17H2,1-2H3,(H,31,35)(H,33,34). The Labute approximate surface area is 220 Å². The molecule has 3 aromatic rings. The van der Waals surface area contributed by atoms with Crippen LogP contribution in [0.5, 0.6) is 11.5 Å². The van der Waals surface area contributed by atoms with Crippen LogP contribution in [0, 0.1) is 12.7 Å². The molecule has 38 heavy (non-hydrogen) atoms. The number of aliphatic carboxylic acids is 1. The van der Waals surface area contributed by atoms with E-state index in [-0.39, 0.29) is 24.6 Å². The molecule has 4 rings (SSSR count). The van der Waals surface area contributed by atoms with Gasteiger partial charge < -0.3 is 24.5 Å². The molecule has 8 nitrogen and oxygen atoms in total. The molecular weight excluding hydrogens is 491 g/mol. The molecule has 2 N–H and O–H groups in total. The summed E-state index contributed by atoms with van der Waals surface area (Å²) in [7, 11) is 0. The summed E-state index contributed by atoms with van der Waals surface area (Å²) in [5, 5.41) is 12.4. The maximum Gasteiger partial charge on any atom is 0.305 e. The van der Waals surface area contributed by atoms with Gasteiger partial charge in [-0.3, -0.25) is 14.4 Å². The zero-order valence-corrected chi connectivity index (χ0v) is 21.4. The molecule has 2 heterocycles. The highest BCUT2D eigenvalue weighted by molar-refractivity contribution is 5.81. The van der Waals surface area contributed by atoms with E-state index in [1.54, 1.807) is 42.6 Å². The van der Waals surface area contributed by atoms with Gasteiger partial charge in [0.15, 0.2) is 11.5 Å². The lowest BCUT2D eigenvalue weighted by molar-refractivity contribution is -0.138. The third-order valence-electron chi connectivity index (χ3n) is 6.53. The lowest BCUT2D eigenvalue weighted by atomic mass is 10.0. The predicted molar refractivity (Wildman–Crippen MR) is 139 cm³/mol. The number of ether oxygens (including phenoxy) is 2. The number of carbonyl (C=O) groups is 2. The first-order valence-corrected chi connectivity index (χ1v) is 12.6. The molecule has 9 heteroatoms. The summed E-state index contributed by atoms with van der Waals surface area (Å²) in [4.78, 5) is 38.9. The molecule has 2 unspecified atom stereocenters. The van der Waals surface area contributed by atoms with Crippen LogP contribution in [0.4, 0.5) is 4.39 Å². The van der Waals surface area contributed by atoms with Crippen molar-refractivity contribution in [2.24, 2.45) is 0 Å². The first-order chi connectivity index (χ1) is 18.2. The first-order valence-electron chi connectivity index (χ1n) is 12.6. The van der Waals surface area contributed by atoms with Crippen LogP contribution in [0.15, 0.2) is 59.5 Å². The van der Waals surface area contributed by atoms with E-state index >= 15 is 0 Å². The van der Waals surface area contributed by atoms with Crippen molar-refractivity contribution in [3.63, 3.8) is 0 Å². The van der Waals surface area contributed by atoms with E-state index in [2.05, 4.69) is 5.32 Å². The number of fused-ring (bicyclic) bond motifs is 1. The van der Waals surface area contributed by atoms with Gasteiger partial charge in [-0.25, -0.2) is 4.39 Å². The Morgan fingerprint density at radius 2 is 1.84 bits per heavy atom. The molecule has 0 bridgehead atoms. The molecule has 1 aromatic heterocycles. The number of carbonyl (C=O) groups excluding carboxylic acids is 1. The normalized spacial score (nSPS) is 13.7. The van der Waals surface area contributed by atoms with Gasteiger partial charge in [0.2, 0.25) is 12.7 Å². The molecule has 0 saturated heterocycles. The minimum absolute atomic E-state index is 0.0738. The number of benzene rings is 2. The van der Waals surface area contributed by atoms with Crippen LogP contribution < -0.4 is 20.3 Å². The van der Waals surface area contributed by atoms with Crippen LogP contribution in [0.1, 0.15) is 66.9 Å². The highest BCUT2D eigenvalue weighted by Gasteiger charge is 2.27. The number of aryl methyl sites for hydroxylation is 1. The van der Waals surface area contributed by atoms with Gasteiger partial charge in [0.1, 0.15) is 11.9 Å². The molecule has 1 amide bonds. The second-order valence-corrected chi connectivity index (χ2v) is 9.49. The molecule has 0 spiro atoms. The number of carboxylic acid groups (broad SMARTS) is 1. The second kappa shape index (κ2) is 11.9. The van der Waals surface area contributed by atoms with Crippen LogP contribution in [-0.4, -0.2) is 28.3 Å². The topological polar surface area (TPSA) is 107 Å². The minimum Gasteiger partial charge on any atom is -0.481 e. The lowest BCUT2D eigenvalue weighted by Crippen LogP contribution is -2.40. The Hall–Kier alpha value is -4.14. The molecule has 0 aliphatic carbocycles. The summed E-state index contributed by atoms with van der Waals surface area (Å²) >= 11 is 0. The number of nitrogens with zero attached hydrogens (tertiary/aromatic N) is 1. The van der Waals surface area contributed by atoms with Crippen molar-refractivity contribution >= 4 is 11.9 Å². The van der Waals surface area contributed by atoms with Crippen molar-refractivity contribution < 1.29 is 28.6 Å². The fraction of sp³-hybridized carbons (Fsp3) is 0.345. The maximum absolute atomic E-state index is 13.7. The van der Waals surface area contributed by atoms with Crippen molar-refractivity contribution in [1.82, 2.24) is 9.88 Å². The fourth-order valence-corrected chi connectivity index (χ4v) is 4.62. The van der Waals surface area contributed by atoms with Crippen molar-refractivity contribution in [1.29, 1.82) is 0 Å². The number of rotatable bonds is 11. The molecule has 2 atom stereocenters. The van der Waals surface area contributed by atoms with Gasteiger partial charge >= 0.3 is 5.97 Å². The van der Waals surface area contributed by atoms with Crippen LogP contribution in [0.2, 0.25) is 0 Å².